The van der Waals surface area contributed by atoms with Gasteiger partial charge in [0, 0.05) is 5.56 Å². The van der Waals surface area contributed by atoms with Crippen LogP contribution in [-0.2, 0) is 0 Å². The zero-order valence-corrected chi connectivity index (χ0v) is 12.4. The van der Waals surface area contributed by atoms with E-state index >= 15 is 0 Å². The van der Waals surface area contributed by atoms with Crippen LogP contribution in [0.5, 0.6) is 5.75 Å². The number of hydrogen-bond donors (Lipinski definition) is 1. The van der Waals surface area contributed by atoms with Crippen LogP contribution in [0.3, 0.4) is 0 Å². The van der Waals surface area contributed by atoms with Crippen LogP contribution in [0.2, 0.25) is 0 Å². The standard InChI is InChI=1S/C21H14O2/c22-13-19-20(23)12-15-7-2-4-10-17(15)21(19)18-11-5-8-14-6-1-3-9-16(14)18/h1-13,23H. The second-order valence-electron chi connectivity index (χ2n) is 5.55. The van der Waals surface area contributed by atoms with Crippen molar-refractivity contribution in [3.63, 3.8) is 0 Å². The highest BCUT2D eigenvalue weighted by atomic mass is 16.3. The van der Waals surface area contributed by atoms with Crippen LogP contribution >= 0.6 is 0 Å². The molecular weight excluding hydrogens is 284 g/mol. The summed E-state index contributed by atoms with van der Waals surface area (Å²) in [6.45, 7) is 0. The lowest BCUT2D eigenvalue weighted by atomic mass is 9.90. The Morgan fingerprint density at radius 1 is 0.739 bits per heavy atom. The molecule has 4 aromatic carbocycles. The van der Waals surface area contributed by atoms with Gasteiger partial charge in [-0.25, -0.2) is 0 Å². The minimum absolute atomic E-state index is 0.0154. The van der Waals surface area contributed by atoms with Crippen LogP contribution in [0.4, 0.5) is 0 Å². The van der Waals surface area contributed by atoms with Crippen LogP contribution in [-0.4, -0.2) is 11.4 Å². The molecule has 4 rings (SSSR count). The lowest BCUT2D eigenvalue weighted by Gasteiger charge is -2.14. The normalized spacial score (nSPS) is 11.0. The Hall–Kier alpha value is -3.13. The number of phenols is 1. The topological polar surface area (TPSA) is 37.3 Å². The zero-order valence-electron chi connectivity index (χ0n) is 12.4. The van der Waals surface area contributed by atoms with E-state index in [4.69, 9.17) is 0 Å². The van der Waals surface area contributed by atoms with Gasteiger partial charge in [0.25, 0.3) is 0 Å². The first-order valence-corrected chi connectivity index (χ1v) is 7.47. The maximum Gasteiger partial charge on any atom is 0.154 e. The van der Waals surface area contributed by atoms with E-state index in [9.17, 15) is 9.90 Å². The van der Waals surface area contributed by atoms with E-state index in [1.165, 1.54) is 0 Å². The second kappa shape index (κ2) is 5.25. The number of carbonyl (C=O) groups is 1. The van der Waals surface area contributed by atoms with Crippen molar-refractivity contribution in [2.75, 3.05) is 0 Å². The summed E-state index contributed by atoms with van der Waals surface area (Å²) in [5.41, 5.74) is 2.07. The predicted octanol–water partition coefficient (Wildman–Crippen LogP) is 5.18. The van der Waals surface area contributed by atoms with Gasteiger partial charge in [0.2, 0.25) is 0 Å². The number of benzene rings is 4. The average molecular weight is 298 g/mol. The lowest BCUT2D eigenvalue weighted by molar-refractivity contribution is 0.112. The first-order chi connectivity index (χ1) is 11.3. The third kappa shape index (κ3) is 2.08. The minimum Gasteiger partial charge on any atom is -0.507 e. The van der Waals surface area contributed by atoms with Crippen molar-refractivity contribution < 1.29 is 9.90 Å². The average Bonchev–Trinajstić information content (AvgIpc) is 2.60. The number of aldehydes is 1. The summed E-state index contributed by atoms with van der Waals surface area (Å²) in [6.07, 6.45) is 0.735. The van der Waals surface area contributed by atoms with Gasteiger partial charge in [0.15, 0.2) is 6.29 Å². The van der Waals surface area contributed by atoms with Crippen LogP contribution in [0.25, 0.3) is 32.7 Å². The van der Waals surface area contributed by atoms with E-state index in [1.807, 2.05) is 66.7 Å². The van der Waals surface area contributed by atoms with Gasteiger partial charge in [-0.2, -0.15) is 0 Å². The molecule has 0 heterocycles. The zero-order chi connectivity index (χ0) is 15.8. The fourth-order valence-electron chi connectivity index (χ4n) is 3.20. The SMILES string of the molecule is O=Cc1c(O)cc2ccccc2c1-c1cccc2ccccc12. The minimum atomic E-state index is 0.0154. The molecule has 2 nitrogen and oxygen atoms in total. The smallest absolute Gasteiger partial charge is 0.154 e. The van der Waals surface area contributed by atoms with Crippen LogP contribution in [0.1, 0.15) is 10.4 Å². The van der Waals surface area contributed by atoms with E-state index in [2.05, 4.69) is 0 Å². The molecule has 0 aromatic heterocycles. The molecule has 0 unspecified atom stereocenters. The van der Waals surface area contributed by atoms with Crippen LogP contribution in [0.15, 0.2) is 72.8 Å². The fourth-order valence-corrected chi connectivity index (χ4v) is 3.20. The largest absolute Gasteiger partial charge is 0.507 e. The summed E-state index contributed by atoms with van der Waals surface area (Å²) >= 11 is 0. The van der Waals surface area contributed by atoms with Crippen molar-refractivity contribution in [3.05, 3.63) is 78.4 Å². The van der Waals surface area contributed by atoms with Crippen molar-refractivity contribution in [1.29, 1.82) is 0 Å². The molecule has 110 valence electrons. The molecule has 0 aliphatic rings. The third-order valence-corrected chi connectivity index (χ3v) is 4.24. The lowest BCUT2D eigenvalue weighted by Crippen LogP contribution is -1.92. The molecule has 0 saturated carbocycles. The van der Waals surface area contributed by atoms with E-state index in [1.54, 1.807) is 6.07 Å². The highest BCUT2D eigenvalue weighted by Crippen LogP contribution is 2.39. The Morgan fingerprint density at radius 3 is 2.17 bits per heavy atom. The Balaban J connectivity index is 2.22. The molecule has 0 radical (unpaired) electrons. The molecule has 0 fully saturated rings. The number of rotatable bonds is 2. The number of hydrogen-bond acceptors (Lipinski definition) is 2. The van der Waals surface area contributed by atoms with Gasteiger partial charge in [-0.15, -0.1) is 0 Å². The van der Waals surface area contributed by atoms with Crippen molar-refractivity contribution in [3.8, 4) is 16.9 Å². The Bertz CT molecular complexity index is 1040. The maximum absolute atomic E-state index is 11.6. The first-order valence-electron chi connectivity index (χ1n) is 7.47. The molecule has 4 aromatic rings. The summed E-state index contributed by atoms with van der Waals surface area (Å²) in [6, 6.07) is 23.5. The van der Waals surface area contributed by atoms with Crippen LogP contribution in [0, 0.1) is 0 Å². The molecule has 0 aliphatic carbocycles. The van der Waals surface area contributed by atoms with Gasteiger partial charge >= 0.3 is 0 Å². The summed E-state index contributed by atoms with van der Waals surface area (Å²) in [4.78, 5) is 11.6. The maximum atomic E-state index is 11.6. The summed E-state index contributed by atoms with van der Waals surface area (Å²) in [5, 5.41) is 14.3. The van der Waals surface area contributed by atoms with E-state index in [-0.39, 0.29) is 5.75 Å². The summed E-state index contributed by atoms with van der Waals surface area (Å²) in [7, 11) is 0. The Kier molecular flexibility index (Phi) is 3.09. The number of carbonyl (C=O) groups excluding carboxylic acids is 1. The van der Waals surface area contributed by atoms with Gasteiger partial charge in [-0.3, -0.25) is 4.79 Å². The molecule has 23 heavy (non-hydrogen) atoms. The highest BCUT2D eigenvalue weighted by molar-refractivity contribution is 6.11. The predicted molar refractivity (Wildman–Crippen MR) is 93.9 cm³/mol. The van der Waals surface area contributed by atoms with E-state index in [0.717, 1.165) is 39.0 Å². The Labute approximate surface area is 133 Å². The molecule has 0 amide bonds. The molecule has 0 saturated heterocycles. The van der Waals surface area contributed by atoms with Gasteiger partial charge in [-0.05, 0) is 33.2 Å². The quantitative estimate of drug-likeness (QED) is 0.518. The molecule has 0 spiro atoms. The number of phenolic OH excluding ortho intramolecular Hbond substituents is 1. The molecule has 0 bridgehead atoms. The second-order valence-corrected chi connectivity index (χ2v) is 5.55. The van der Waals surface area contributed by atoms with Crippen molar-refractivity contribution >= 4 is 27.8 Å². The number of aromatic hydroxyl groups is 1. The highest BCUT2D eigenvalue weighted by Gasteiger charge is 2.16. The molecule has 0 atom stereocenters. The fraction of sp³-hybridized carbons (Fsp3) is 0. The summed E-state index contributed by atoms with van der Waals surface area (Å²) in [5.74, 6) is 0.0154. The van der Waals surface area contributed by atoms with Crippen LogP contribution < -0.4 is 0 Å². The Morgan fingerprint density at radius 2 is 1.39 bits per heavy atom. The third-order valence-electron chi connectivity index (χ3n) is 4.24. The summed E-state index contributed by atoms with van der Waals surface area (Å²) < 4.78 is 0. The van der Waals surface area contributed by atoms with Gasteiger partial charge in [-0.1, -0.05) is 66.7 Å². The molecule has 2 heteroatoms. The number of fused-ring (bicyclic) bond motifs is 2. The van der Waals surface area contributed by atoms with Crippen molar-refractivity contribution in [1.82, 2.24) is 0 Å². The van der Waals surface area contributed by atoms with Gasteiger partial charge < -0.3 is 5.11 Å². The van der Waals surface area contributed by atoms with E-state index < -0.39 is 0 Å². The van der Waals surface area contributed by atoms with Gasteiger partial charge in [0.05, 0.1) is 5.56 Å². The molecule has 1 N–H and O–H groups in total. The van der Waals surface area contributed by atoms with Crippen molar-refractivity contribution in [2.45, 2.75) is 0 Å². The van der Waals surface area contributed by atoms with Crippen molar-refractivity contribution in [2.24, 2.45) is 0 Å². The first kappa shape index (κ1) is 13.5. The monoisotopic (exact) mass is 298 g/mol. The molecular formula is C21H14O2. The van der Waals surface area contributed by atoms with Gasteiger partial charge in [0.1, 0.15) is 5.75 Å². The van der Waals surface area contributed by atoms with E-state index in [0.29, 0.717) is 5.56 Å². The molecule has 0 aliphatic heterocycles.